The highest BCUT2D eigenvalue weighted by Crippen LogP contribution is 2.02. The van der Waals surface area contributed by atoms with Crippen LogP contribution in [-0.2, 0) is 6.42 Å². The molecule has 0 amide bonds. The van der Waals surface area contributed by atoms with Gasteiger partial charge in [-0.05, 0) is 6.07 Å². The van der Waals surface area contributed by atoms with Crippen LogP contribution in [0, 0.1) is 5.82 Å². The molecule has 0 aliphatic rings. The summed E-state index contributed by atoms with van der Waals surface area (Å²) >= 11 is 0. The Balaban J connectivity index is 2.98. The molecule has 0 aliphatic heterocycles. The van der Waals surface area contributed by atoms with Gasteiger partial charge in [-0.15, -0.1) is 6.58 Å². The zero-order valence-electron chi connectivity index (χ0n) is 6.94. The fraction of sp³-hybridized carbons (Fsp3) is 0.125. The van der Waals surface area contributed by atoms with Gasteiger partial charge in [-0.3, -0.25) is 4.98 Å². The van der Waals surface area contributed by atoms with Crippen molar-refractivity contribution in [2.75, 3.05) is 0 Å². The molecule has 0 fully saturated rings. The van der Waals surface area contributed by atoms with Crippen LogP contribution in [0.25, 0.3) is 0 Å². The summed E-state index contributed by atoms with van der Waals surface area (Å²) in [6.07, 6.45) is 3.08. The second-order valence-corrected chi connectivity index (χ2v) is 2.56. The minimum absolute atomic E-state index is 0.0466. The Labute approximate surface area is 75.7 Å². The zero-order chi connectivity index (χ0) is 9.84. The summed E-state index contributed by atoms with van der Waals surface area (Å²) in [5, 5.41) is 17.4. The summed E-state index contributed by atoms with van der Waals surface area (Å²) in [4.78, 5) is 3.72. The van der Waals surface area contributed by atoms with Crippen LogP contribution in [0.5, 0.6) is 0 Å². The summed E-state index contributed by atoms with van der Waals surface area (Å²) in [5.74, 6) is -0.550. The standard InChI is InChI=1S/C8H9BFNO2/c1-2-3-8-7(10)4-6(5-11-8)9(12)13/h2,4-5,12-13H,1,3H2. The number of rotatable bonds is 3. The summed E-state index contributed by atoms with van der Waals surface area (Å²) in [7, 11) is -1.68. The Morgan fingerprint density at radius 1 is 1.62 bits per heavy atom. The first kappa shape index (κ1) is 9.89. The van der Waals surface area contributed by atoms with Gasteiger partial charge in [-0.25, -0.2) is 4.39 Å². The van der Waals surface area contributed by atoms with E-state index < -0.39 is 12.9 Å². The van der Waals surface area contributed by atoms with Gasteiger partial charge in [0, 0.05) is 18.1 Å². The second-order valence-electron chi connectivity index (χ2n) is 2.56. The highest BCUT2D eigenvalue weighted by Gasteiger charge is 2.13. The van der Waals surface area contributed by atoms with Gasteiger partial charge in [0.1, 0.15) is 5.82 Å². The lowest BCUT2D eigenvalue weighted by Crippen LogP contribution is -2.30. The maximum absolute atomic E-state index is 13.1. The highest BCUT2D eigenvalue weighted by molar-refractivity contribution is 6.58. The lowest BCUT2D eigenvalue weighted by molar-refractivity contribution is 0.425. The van der Waals surface area contributed by atoms with E-state index >= 15 is 0 Å². The Kier molecular flexibility index (Phi) is 3.16. The molecule has 0 radical (unpaired) electrons. The number of halogens is 1. The molecule has 68 valence electrons. The molecule has 0 unspecified atom stereocenters. The molecule has 3 nitrogen and oxygen atoms in total. The van der Waals surface area contributed by atoms with Crippen molar-refractivity contribution in [2.24, 2.45) is 0 Å². The van der Waals surface area contributed by atoms with E-state index in [0.29, 0.717) is 6.42 Å². The van der Waals surface area contributed by atoms with Crippen molar-refractivity contribution in [1.29, 1.82) is 0 Å². The molecule has 1 aromatic rings. The number of hydrogen-bond donors (Lipinski definition) is 2. The fourth-order valence-electron chi connectivity index (χ4n) is 0.909. The summed E-state index contributed by atoms with van der Waals surface area (Å²) < 4.78 is 13.1. The fourth-order valence-corrected chi connectivity index (χ4v) is 0.909. The summed E-state index contributed by atoms with van der Waals surface area (Å²) in [6, 6.07) is 1.05. The average Bonchev–Trinajstić information content (AvgIpc) is 2.08. The van der Waals surface area contributed by atoms with Crippen molar-refractivity contribution in [1.82, 2.24) is 4.98 Å². The van der Waals surface area contributed by atoms with Crippen molar-refractivity contribution >= 4 is 12.6 Å². The third kappa shape index (κ3) is 2.37. The molecule has 0 spiro atoms. The van der Waals surface area contributed by atoms with E-state index in [1.165, 1.54) is 12.3 Å². The zero-order valence-corrected chi connectivity index (χ0v) is 6.94. The van der Waals surface area contributed by atoms with Gasteiger partial charge in [0.2, 0.25) is 0 Å². The maximum atomic E-state index is 13.1. The third-order valence-electron chi connectivity index (χ3n) is 1.57. The van der Waals surface area contributed by atoms with Gasteiger partial charge in [0.05, 0.1) is 5.69 Å². The Morgan fingerprint density at radius 3 is 2.77 bits per heavy atom. The number of allylic oxidation sites excluding steroid dienone is 1. The van der Waals surface area contributed by atoms with E-state index in [-0.39, 0.29) is 11.2 Å². The van der Waals surface area contributed by atoms with Crippen LogP contribution in [0.15, 0.2) is 24.9 Å². The van der Waals surface area contributed by atoms with Crippen molar-refractivity contribution in [2.45, 2.75) is 6.42 Å². The first-order chi connectivity index (χ1) is 6.15. The quantitative estimate of drug-likeness (QED) is 0.494. The monoisotopic (exact) mass is 181 g/mol. The molecule has 13 heavy (non-hydrogen) atoms. The van der Waals surface area contributed by atoms with Crippen LogP contribution in [-0.4, -0.2) is 22.2 Å². The molecular formula is C8H9BFNO2. The minimum Gasteiger partial charge on any atom is -0.423 e. The van der Waals surface area contributed by atoms with Gasteiger partial charge < -0.3 is 10.0 Å². The van der Waals surface area contributed by atoms with Crippen LogP contribution < -0.4 is 5.46 Å². The SMILES string of the molecule is C=CCc1ncc(B(O)O)cc1F. The smallest absolute Gasteiger partial charge is 0.423 e. The van der Waals surface area contributed by atoms with Crippen molar-refractivity contribution in [3.05, 3.63) is 36.4 Å². The molecule has 0 bridgehead atoms. The first-order valence-electron chi connectivity index (χ1n) is 3.76. The van der Waals surface area contributed by atoms with Crippen LogP contribution in [0.4, 0.5) is 4.39 Å². The van der Waals surface area contributed by atoms with Crippen molar-refractivity contribution in [3.63, 3.8) is 0 Å². The number of hydrogen-bond acceptors (Lipinski definition) is 3. The molecule has 2 N–H and O–H groups in total. The predicted molar refractivity (Wildman–Crippen MR) is 47.9 cm³/mol. The second kappa shape index (κ2) is 4.16. The Morgan fingerprint density at radius 2 is 2.31 bits per heavy atom. The number of aromatic nitrogens is 1. The van der Waals surface area contributed by atoms with Gasteiger partial charge in [0.15, 0.2) is 0 Å². The molecule has 1 heterocycles. The highest BCUT2D eigenvalue weighted by atomic mass is 19.1. The van der Waals surface area contributed by atoms with E-state index in [1.54, 1.807) is 0 Å². The molecule has 0 saturated carbocycles. The van der Waals surface area contributed by atoms with Crippen LogP contribution in [0.1, 0.15) is 5.69 Å². The summed E-state index contributed by atoms with van der Waals surface area (Å²) in [6.45, 7) is 3.45. The van der Waals surface area contributed by atoms with Crippen LogP contribution >= 0.6 is 0 Å². The lowest BCUT2D eigenvalue weighted by atomic mass is 9.81. The van der Waals surface area contributed by atoms with E-state index in [9.17, 15) is 4.39 Å². The number of nitrogens with zero attached hydrogens (tertiary/aromatic N) is 1. The van der Waals surface area contributed by atoms with Gasteiger partial charge in [0.25, 0.3) is 0 Å². The van der Waals surface area contributed by atoms with Gasteiger partial charge in [-0.2, -0.15) is 0 Å². The normalized spacial score (nSPS) is 9.77. The lowest BCUT2D eigenvalue weighted by Gasteiger charge is -2.01. The van der Waals surface area contributed by atoms with E-state index in [2.05, 4.69) is 11.6 Å². The number of pyridine rings is 1. The third-order valence-corrected chi connectivity index (χ3v) is 1.57. The molecule has 0 aromatic carbocycles. The average molecular weight is 181 g/mol. The topological polar surface area (TPSA) is 53.4 Å². The van der Waals surface area contributed by atoms with E-state index in [4.69, 9.17) is 10.0 Å². The Bertz CT molecular complexity index is 317. The van der Waals surface area contributed by atoms with Gasteiger partial charge >= 0.3 is 7.12 Å². The largest absolute Gasteiger partial charge is 0.490 e. The molecular weight excluding hydrogens is 172 g/mol. The van der Waals surface area contributed by atoms with E-state index in [1.807, 2.05) is 0 Å². The van der Waals surface area contributed by atoms with Crippen LogP contribution in [0.2, 0.25) is 0 Å². The van der Waals surface area contributed by atoms with E-state index in [0.717, 1.165) is 6.07 Å². The summed E-state index contributed by atoms with van der Waals surface area (Å²) in [5.41, 5.74) is 0.296. The molecule has 0 aliphatic carbocycles. The van der Waals surface area contributed by atoms with Crippen LogP contribution in [0.3, 0.4) is 0 Å². The van der Waals surface area contributed by atoms with Crippen molar-refractivity contribution < 1.29 is 14.4 Å². The van der Waals surface area contributed by atoms with Crippen molar-refractivity contribution in [3.8, 4) is 0 Å². The molecule has 0 saturated heterocycles. The molecule has 0 atom stereocenters. The molecule has 1 rings (SSSR count). The first-order valence-corrected chi connectivity index (χ1v) is 3.76. The Hall–Kier alpha value is -1.20. The predicted octanol–water partition coefficient (Wildman–Crippen LogP) is -0.371. The minimum atomic E-state index is -1.68. The molecule has 1 aromatic heterocycles. The molecule has 5 heteroatoms. The maximum Gasteiger partial charge on any atom is 0.490 e. The van der Waals surface area contributed by atoms with Gasteiger partial charge in [-0.1, -0.05) is 6.08 Å².